The number of ether oxygens (including phenoxy) is 1. The molecule has 1 aromatic heterocycles. The lowest BCUT2D eigenvalue weighted by Crippen LogP contribution is -2.38. The molecule has 0 fully saturated rings. The number of pyridine rings is 1. The third-order valence-corrected chi connectivity index (χ3v) is 5.76. The zero-order valence-corrected chi connectivity index (χ0v) is 16.3. The van der Waals surface area contributed by atoms with Crippen LogP contribution in [0.3, 0.4) is 0 Å². The van der Waals surface area contributed by atoms with Crippen molar-refractivity contribution in [2.45, 2.75) is 4.90 Å². The zero-order valence-electron chi connectivity index (χ0n) is 15.4. The summed E-state index contributed by atoms with van der Waals surface area (Å²) < 4.78 is 45.7. The van der Waals surface area contributed by atoms with Gasteiger partial charge in [0.25, 0.3) is 10.0 Å². The van der Waals surface area contributed by atoms with Gasteiger partial charge in [0.05, 0.1) is 18.5 Å². The smallest absolute Gasteiger partial charge is 0.266 e. The molecule has 0 saturated heterocycles. The Balaban J connectivity index is 1.93. The molecule has 0 saturated carbocycles. The fourth-order valence-electron chi connectivity index (χ4n) is 2.62. The quantitative estimate of drug-likeness (QED) is 0.641. The monoisotopic (exact) mass is 415 g/mol. The number of halogens is 1. The van der Waals surface area contributed by atoms with Crippen LogP contribution in [0, 0.1) is 5.82 Å². The molecule has 1 amide bonds. The highest BCUT2D eigenvalue weighted by molar-refractivity contribution is 7.92. The molecule has 0 spiro atoms. The lowest BCUT2D eigenvalue weighted by atomic mass is 10.3. The SMILES string of the molecule is COc1ccccc1NC(=O)CN(c1ccc(F)cc1)S(=O)(=O)c1cccnc1. The number of sulfonamides is 1. The van der Waals surface area contributed by atoms with Crippen LogP contribution in [0.25, 0.3) is 0 Å². The van der Waals surface area contributed by atoms with Crippen LogP contribution in [0.4, 0.5) is 15.8 Å². The molecule has 0 bridgehead atoms. The first kappa shape index (κ1) is 20.3. The van der Waals surface area contributed by atoms with Crippen LogP contribution < -0.4 is 14.4 Å². The Morgan fingerprint density at radius 2 is 1.83 bits per heavy atom. The maximum Gasteiger partial charge on any atom is 0.266 e. The molecule has 7 nitrogen and oxygen atoms in total. The van der Waals surface area contributed by atoms with Gasteiger partial charge in [-0.25, -0.2) is 12.8 Å². The van der Waals surface area contributed by atoms with Crippen molar-refractivity contribution < 1.29 is 22.3 Å². The molecule has 3 rings (SSSR count). The van der Waals surface area contributed by atoms with E-state index in [1.807, 2.05) is 0 Å². The van der Waals surface area contributed by atoms with Crippen molar-refractivity contribution in [3.8, 4) is 5.75 Å². The number of hydrogen-bond donors (Lipinski definition) is 1. The van der Waals surface area contributed by atoms with E-state index in [4.69, 9.17) is 4.74 Å². The Kier molecular flexibility index (Phi) is 6.08. The fourth-order valence-corrected chi connectivity index (χ4v) is 4.00. The lowest BCUT2D eigenvalue weighted by molar-refractivity contribution is -0.114. The summed E-state index contributed by atoms with van der Waals surface area (Å²) in [6.07, 6.45) is 2.62. The number of hydrogen-bond acceptors (Lipinski definition) is 5. The molecular weight excluding hydrogens is 397 g/mol. The van der Waals surface area contributed by atoms with E-state index in [0.717, 1.165) is 16.4 Å². The molecule has 29 heavy (non-hydrogen) atoms. The van der Waals surface area contributed by atoms with Gasteiger partial charge in [-0.05, 0) is 48.5 Å². The largest absolute Gasteiger partial charge is 0.495 e. The minimum absolute atomic E-state index is 0.0885. The second kappa shape index (κ2) is 8.70. The molecular formula is C20H18FN3O4S. The Labute approximate surface area is 167 Å². The van der Waals surface area contributed by atoms with Crippen molar-refractivity contribution >= 4 is 27.3 Å². The van der Waals surface area contributed by atoms with E-state index >= 15 is 0 Å². The number of carbonyl (C=O) groups is 1. The van der Waals surface area contributed by atoms with Crippen LogP contribution in [0.5, 0.6) is 5.75 Å². The van der Waals surface area contributed by atoms with Crippen LogP contribution in [0.15, 0.2) is 78.0 Å². The second-order valence-corrected chi connectivity index (χ2v) is 7.79. The molecule has 1 heterocycles. The van der Waals surface area contributed by atoms with E-state index in [0.29, 0.717) is 11.4 Å². The number of para-hydroxylation sites is 2. The first-order valence-electron chi connectivity index (χ1n) is 8.53. The summed E-state index contributed by atoms with van der Waals surface area (Å²) in [7, 11) is -2.65. The summed E-state index contributed by atoms with van der Waals surface area (Å²) in [4.78, 5) is 16.4. The van der Waals surface area contributed by atoms with Gasteiger partial charge in [-0.1, -0.05) is 12.1 Å². The van der Waals surface area contributed by atoms with Crippen molar-refractivity contribution in [2.75, 3.05) is 23.3 Å². The number of nitrogens with zero attached hydrogens (tertiary/aromatic N) is 2. The topological polar surface area (TPSA) is 88.6 Å². The number of benzene rings is 2. The maximum absolute atomic E-state index is 13.3. The first-order valence-corrected chi connectivity index (χ1v) is 9.97. The summed E-state index contributed by atoms with van der Waals surface area (Å²) in [5.41, 5.74) is 0.545. The number of carbonyl (C=O) groups excluding carboxylic acids is 1. The minimum atomic E-state index is -4.11. The number of nitrogens with one attached hydrogen (secondary N) is 1. The number of rotatable bonds is 7. The van der Waals surface area contributed by atoms with Gasteiger partial charge >= 0.3 is 0 Å². The normalized spacial score (nSPS) is 11.0. The van der Waals surface area contributed by atoms with Gasteiger partial charge in [0.1, 0.15) is 23.0 Å². The predicted octanol–water partition coefficient (Wildman–Crippen LogP) is 3.06. The van der Waals surface area contributed by atoms with Crippen molar-refractivity contribution in [3.63, 3.8) is 0 Å². The molecule has 0 atom stereocenters. The molecule has 0 aliphatic rings. The average molecular weight is 415 g/mol. The van der Waals surface area contributed by atoms with Crippen molar-refractivity contribution in [3.05, 3.63) is 78.9 Å². The Bertz CT molecular complexity index is 1090. The van der Waals surface area contributed by atoms with Gasteiger partial charge in [0.15, 0.2) is 0 Å². The second-order valence-electron chi connectivity index (χ2n) is 5.93. The zero-order chi connectivity index (χ0) is 20.9. The summed E-state index contributed by atoms with van der Waals surface area (Å²) in [5, 5.41) is 2.64. The Morgan fingerprint density at radius 1 is 1.10 bits per heavy atom. The van der Waals surface area contributed by atoms with E-state index in [-0.39, 0.29) is 10.6 Å². The van der Waals surface area contributed by atoms with Gasteiger partial charge in [-0.3, -0.25) is 14.1 Å². The lowest BCUT2D eigenvalue weighted by Gasteiger charge is -2.24. The Morgan fingerprint density at radius 3 is 2.48 bits per heavy atom. The van der Waals surface area contributed by atoms with E-state index in [9.17, 15) is 17.6 Å². The molecule has 1 N–H and O–H groups in total. The maximum atomic E-state index is 13.3. The summed E-state index contributed by atoms with van der Waals surface area (Å²) >= 11 is 0. The molecule has 3 aromatic rings. The van der Waals surface area contributed by atoms with Crippen molar-refractivity contribution in [2.24, 2.45) is 0 Å². The van der Waals surface area contributed by atoms with Crippen LogP contribution in [-0.4, -0.2) is 33.0 Å². The van der Waals surface area contributed by atoms with Crippen molar-refractivity contribution in [1.29, 1.82) is 0 Å². The number of amides is 1. The van der Waals surface area contributed by atoms with Gasteiger partial charge in [0.2, 0.25) is 5.91 Å². The van der Waals surface area contributed by atoms with Gasteiger partial charge in [0, 0.05) is 12.4 Å². The number of methoxy groups -OCH3 is 1. The third-order valence-electron chi connectivity index (χ3n) is 4.01. The number of aromatic nitrogens is 1. The fraction of sp³-hybridized carbons (Fsp3) is 0.100. The highest BCUT2D eigenvalue weighted by Crippen LogP contribution is 2.25. The minimum Gasteiger partial charge on any atom is -0.495 e. The van der Waals surface area contributed by atoms with Crippen LogP contribution in [0.2, 0.25) is 0 Å². The van der Waals surface area contributed by atoms with Crippen molar-refractivity contribution in [1.82, 2.24) is 4.98 Å². The van der Waals surface area contributed by atoms with E-state index in [1.54, 1.807) is 24.3 Å². The summed E-state index contributed by atoms with van der Waals surface area (Å²) in [5.74, 6) is -0.679. The Hall–Kier alpha value is -3.46. The van der Waals surface area contributed by atoms with Crippen LogP contribution in [0.1, 0.15) is 0 Å². The predicted molar refractivity (Wildman–Crippen MR) is 107 cm³/mol. The molecule has 0 radical (unpaired) electrons. The molecule has 9 heteroatoms. The van der Waals surface area contributed by atoms with E-state index in [2.05, 4.69) is 10.3 Å². The molecule has 0 unspecified atom stereocenters. The average Bonchev–Trinajstić information content (AvgIpc) is 2.74. The first-order chi connectivity index (χ1) is 13.9. The summed E-state index contributed by atoms with van der Waals surface area (Å²) in [6.45, 7) is -0.527. The number of anilines is 2. The molecule has 150 valence electrons. The molecule has 0 aliphatic heterocycles. The third kappa shape index (κ3) is 4.69. The molecule has 0 aliphatic carbocycles. The van der Waals surface area contributed by atoms with Crippen LogP contribution >= 0.6 is 0 Å². The highest BCUT2D eigenvalue weighted by Gasteiger charge is 2.27. The standard InChI is InChI=1S/C20H18FN3O4S/c1-28-19-7-3-2-6-18(19)23-20(25)14-24(16-10-8-15(21)9-11-16)29(26,27)17-5-4-12-22-13-17/h2-13H,14H2,1H3,(H,23,25). The van der Waals surface area contributed by atoms with Gasteiger partial charge in [-0.2, -0.15) is 0 Å². The highest BCUT2D eigenvalue weighted by atomic mass is 32.2. The summed E-state index contributed by atoms with van der Waals surface area (Å²) in [6, 6.07) is 14.4. The van der Waals surface area contributed by atoms with E-state index < -0.39 is 28.3 Å². The van der Waals surface area contributed by atoms with Gasteiger partial charge < -0.3 is 10.1 Å². The van der Waals surface area contributed by atoms with E-state index in [1.165, 1.54) is 43.8 Å². The van der Waals surface area contributed by atoms with Crippen LogP contribution in [-0.2, 0) is 14.8 Å². The molecule has 2 aromatic carbocycles. The van der Waals surface area contributed by atoms with Gasteiger partial charge in [-0.15, -0.1) is 0 Å².